The Hall–Kier alpha value is -3.96. The Bertz CT molecular complexity index is 1040. The molecule has 12 heteroatoms. The molecule has 1 aromatic carbocycles. The van der Waals surface area contributed by atoms with Crippen molar-refractivity contribution in [3.05, 3.63) is 60.3 Å². The maximum Gasteiger partial charge on any atom is 0.573 e. The molecular formula is C19H16F3N3O6. The summed E-state index contributed by atoms with van der Waals surface area (Å²) in [6, 6.07) is 7.73. The summed E-state index contributed by atoms with van der Waals surface area (Å²) in [4.78, 5) is 23.4. The number of methoxy groups -OCH3 is 1. The number of aromatic nitrogens is 2. The molecule has 31 heavy (non-hydrogen) atoms. The van der Waals surface area contributed by atoms with Crippen molar-refractivity contribution in [3.63, 3.8) is 0 Å². The number of alkyl halides is 3. The molecule has 0 saturated heterocycles. The summed E-state index contributed by atoms with van der Waals surface area (Å²) in [6.45, 7) is -0.152. The van der Waals surface area contributed by atoms with Crippen LogP contribution in [0.4, 0.5) is 18.9 Å². The number of hydrogen-bond acceptors (Lipinski definition) is 7. The molecule has 1 N–H and O–H groups in total. The fraction of sp³-hybridized carbons (Fsp3) is 0.211. The number of anilines is 1. The van der Waals surface area contributed by atoms with E-state index < -0.39 is 24.0 Å². The van der Waals surface area contributed by atoms with Crippen LogP contribution in [-0.4, -0.2) is 41.7 Å². The first-order chi connectivity index (χ1) is 14.7. The molecule has 0 spiro atoms. The van der Waals surface area contributed by atoms with Crippen LogP contribution in [0.15, 0.2) is 53.2 Å². The standard InChI is InChI=1S/C19H16F3N3O6/c1-28-18(27)16-7-6-15(30-16)10-25-9-12(8-23-25)24-17(26)11-29-13-2-4-14(5-3-13)31-19(20,21)22/h2-9H,10-11H2,1H3,(H,24,26). The molecular weight excluding hydrogens is 423 g/mol. The number of esters is 1. The lowest BCUT2D eigenvalue weighted by atomic mass is 10.3. The molecule has 0 radical (unpaired) electrons. The molecule has 9 nitrogen and oxygen atoms in total. The number of ether oxygens (including phenoxy) is 3. The van der Waals surface area contributed by atoms with Gasteiger partial charge in [0, 0.05) is 6.20 Å². The SMILES string of the molecule is COC(=O)c1ccc(Cn2cc(NC(=O)COc3ccc(OC(F)(F)F)cc3)cn2)o1. The number of nitrogens with zero attached hydrogens (tertiary/aromatic N) is 2. The van der Waals surface area contributed by atoms with Crippen molar-refractivity contribution in [2.45, 2.75) is 12.9 Å². The second-order valence-electron chi connectivity index (χ2n) is 6.04. The summed E-state index contributed by atoms with van der Waals surface area (Å²) in [5.41, 5.74) is 0.391. The summed E-state index contributed by atoms with van der Waals surface area (Å²) in [5, 5.41) is 6.64. The van der Waals surface area contributed by atoms with E-state index in [1.54, 1.807) is 12.3 Å². The van der Waals surface area contributed by atoms with Gasteiger partial charge in [0.1, 0.15) is 17.3 Å². The van der Waals surface area contributed by atoms with Crippen molar-refractivity contribution in [1.29, 1.82) is 0 Å². The Morgan fingerprint density at radius 3 is 2.52 bits per heavy atom. The molecule has 0 saturated carbocycles. The molecule has 0 aliphatic carbocycles. The molecule has 0 aliphatic rings. The van der Waals surface area contributed by atoms with Crippen LogP contribution in [0.5, 0.6) is 11.5 Å². The van der Waals surface area contributed by atoms with E-state index in [4.69, 9.17) is 9.15 Å². The third kappa shape index (κ3) is 6.52. The lowest BCUT2D eigenvalue weighted by molar-refractivity contribution is -0.274. The first-order valence-corrected chi connectivity index (χ1v) is 8.70. The van der Waals surface area contributed by atoms with Crippen molar-refractivity contribution >= 4 is 17.6 Å². The van der Waals surface area contributed by atoms with Crippen LogP contribution in [0.3, 0.4) is 0 Å². The predicted octanol–water partition coefficient (Wildman–Crippen LogP) is 3.23. The van der Waals surface area contributed by atoms with Crippen molar-refractivity contribution in [1.82, 2.24) is 9.78 Å². The number of halogens is 3. The van der Waals surface area contributed by atoms with E-state index in [1.165, 1.54) is 36.2 Å². The van der Waals surface area contributed by atoms with Gasteiger partial charge in [-0.15, -0.1) is 13.2 Å². The third-order valence-corrected chi connectivity index (χ3v) is 3.71. The highest BCUT2D eigenvalue weighted by Crippen LogP contribution is 2.24. The second-order valence-corrected chi connectivity index (χ2v) is 6.04. The minimum absolute atomic E-state index is 0.0633. The lowest BCUT2D eigenvalue weighted by Gasteiger charge is -2.10. The number of nitrogens with one attached hydrogen (secondary N) is 1. The van der Waals surface area contributed by atoms with Gasteiger partial charge in [-0.05, 0) is 36.4 Å². The number of carbonyl (C=O) groups is 2. The van der Waals surface area contributed by atoms with Crippen molar-refractivity contribution < 1.29 is 41.4 Å². The molecule has 164 valence electrons. The van der Waals surface area contributed by atoms with Gasteiger partial charge in [0.2, 0.25) is 5.76 Å². The minimum Gasteiger partial charge on any atom is -0.484 e. The van der Waals surface area contributed by atoms with Crippen LogP contribution in [0.2, 0.25) is 0 Å². The summed E-state index contributed by atoms with van der Waals surface area (Å²) < 4.78 is 56.8. The number of furan rings is 1. The molecule has 0 unspecified atom stereocenters. The minimum atomic E-state index is -4.78. The highest BCUT2D eigenvalue weighted by atomic mass is 19.4. The number of hydrogen-bond donors (Lipinski definition) is 1. The van der Waals surface area contributed by atoms with Crippen LogP contribution in [0, 0.1) is 0 Å². The second kappa shape index (κ2) is 9.24. The van der Waals surface area contributed by atoms with E-state index >= 15 is 0 Å². The largest absolute Gasteiger partial charge is 0.573 e. The van der Waals surface area contributed by atoms with Gasteiger partial charge < -0.3 is 23.9 Å². The fourth-order valence-electron chi connectivity index (χ4n) is 2.43. The zero-order valence-corrected chi connectivity index (χ0v) is 16.0. The van der Waals surface area contributed by atoms with Crippen LogP contribution in [-0.2, 0) is 16.1 Å². The summed E-state index contributed by atoms with van der Waals surface area (Å²) in [7, 11) is 1.24. The number of benzene rings is 1. The highest BCUT2D eigenvalue weighted by molar-refractivity contribution is 5.91. The predicted molar refractivity (Wildman–Crippen MR) is 98.6 cm³/mol. The molecule has 0 fully saturated rings. The maximum absolute atomic E-state index is 12.1. The first kappa shape index (κ1) is 21.7. The van der Waals surface area contributed by atoms with Crippen LogP contribution < -0.4 is 14.8 Å². The maximum atomic E-state index is 12.1. The zero-order valence-electron chi connectivity index (χ0n) is 16.0. The molecule has 0 bridgehead atoms. The summed E-state index contributed by atoms with van der Waals surface area (Å²) >= 11 is 0. The van der Waals surface area contributed by atoms with E-state index in [1.807, 2.05) is 0 Å². The van der Waals surface area contributed by atoms with Crippen molar-refractivity contribution in [2.75, 3.05) is 19.0 Å². The fourth-order valence-corrected chi connectivity index (χ4v) is 2.43. The van der Waals surface area contributed by atoms with E-state index in [0.717, 1.165) is 12.1 Å². The Morgan fingerprint density at radius 1 is 1.13 bits per heavy atom. The average Bonchev–Trinajstić information content (AvgIpc) is 3.35. The van der Waals surface area contributed by atoms with E-state index in [9.17, 15) is 22.8 Å². The monoisotopic (exact) mass is 439 g/mol. The quantitative estimate of drug-likeness (QED) is 0.538. The molecule has 1 amide bonds. The number of amides is 1. The normalized spacial score (nSPS) is 11.1. The molecule has 2 aromatic heterocycles. The van der Waals surface area contributed by atoms with Crippen molar-refractivity contribution in [2.24, 2.45) is 0 Å². The van der Waals surface area contributed by atoms with Gasteiger partial charge in [0.15, 0.2) is 6.61 Å². The summed E-state index contributed by atoms with van der Waals surface area (Å²) in [5.74, 6) is -0.772. The molecule has 3 aromatic rings. The van der Waals surface area contributed by atoms with Crippen LogP contribution in [0.25, 0.3) is 0 Å². The smallest absolute Gasteiger partial charge is 0.484 e. The van der Waals surface area contributed by atoms with Gasteiger partial charge in [-0.1, -0.05) is 0 Å². The van der Waals surface area contributed by atoms with Gasteiger partial charge in [-0.2, -0.15) is 5.10 Å². The third-order valence-electron chi connectivity index (χ3n) is 3.71. The Balaban J connectivity index is 1.47. The first-order valence-electron chi connectivity index (χ1n) is 8.70. The lowest BCUT2D eigenvalue weighted by Crippen LogP contribution is -2.20. The highest BCUT2D eigenvalue weighted by Gasteiger charge is 2.31. The van der Waals surface area contributed by atoms with Crippen LogP contribution in [0.1, 0.15) is 16.3 Å². The molecule has 2 heterocycles. The molecule has 0 atom stereocenters. The van der Waals surface area contributed by atoms with Gasteiger partial charge in [-0.25, -0.2) is 4.79 Å². The van der Waals surface area contributed by atoms with Gasteiger partial charge in [0.25, 0.3) is 5.91 Å². The van der Waals surface area contributed by atoms with Crippen molar-refractivity contribution in [3.8, 4) is 11.5 Å². The number of rotatable bonds is 8. The average molecular weight is 439 g/mol. The zero-order chi connectivity index (χ0) is 22.4. The Morgan fingerprint density at radius 2 is 1.84 bits per heavy atom. The van der Waals surface area contributed by atoms with E-state index in [-0.39, 0.29) is 24.7 Å². The van der Waals surface area contributed by atoms with Crippen LogP contribution >= 0.6 is 0 Å². The molecule has 3 rings (SSSR count). The summed E-state index contributed by atoms with van der Waals surface area (Å²) in [6.07, 6.45) is -1.83. The number of carbonyl (C=O) groups excluding carboxylic acids is 2. The van der Waals surface area contributed by atoms with Gasteiger partial charge >= 0.3 is 12.3 Å². The van der Waals surface area contributed by atoms with E-state index in [2.05, 4.69) is 19.9 Å². The van der Waals surface area contributed by atoms with E-state index in [0.29, 0.717) is 11.4 Å². The topological polar surface area (TPSA) is 105 Å². The van der Waals surface area contributed by atoms with Gasteiger partial charge in [0.05, 0.1) is 25.5 Å². The Kier molecular flexibility index (Phi) is 6.48. The Labute approximate surface area is 173 Å². The molecule has 0 aliphatic heterocycles. The van der Waals surface area contributed by atoms with Gasteiger partial charge in [-0.3, -0.25) is 9.48 Å².